The van der Waals surface area contributed by atoms with E-state index in [9.17, 15) is 4.79 Å². The molecule has 0 radical (unpaired) electrons. The summed E-state index contributed by atoms with van der Waals surface area (Å²) in [7, 11) is 1.36. The highest BCUT2D eigenvalue weighted by molar-refractivity contribution is 14.1. The second kappa shape index (κ2) is 4.97. The van der Waals surface area contributed by atoms with Gasteiger partial charge in [0.05, 0.1) is 13.5 Å². The Bertz CT molecular complexity index is 368. The highest BCUT2D eigenvalue weighted by Crippen LogP contribution is 2.25. The quantitative estimate of drug-likeness (QED) is 0.494. The Morgan fingerprint density at radius 2 is 2.29 bits per heavy atom. The first-order valence-electron chi connectivity index (χ1n) is 3.84. The molecule has 0 spiro atoms. The molecule has 3 nitrogen and oxygen atoms in total. The average molecular weight is 370 g/mol. The van der Waals surface area contributed by atoms with E-state index in [1.54, 1.807) is 6.07 Å². The molecule has 76 valence electrons. The van der Waals surface area contributed by atoms with Gasteiger partial charge in [0.25, 0.3) is 0 Å². The molecule has 14 heavy (non-hydrogen) atoms. The van der Waals surface area contributed by atoms with Gasteiger partial charge in [-0.25, -0.2) is 0 Å². The Hall–Kier alpha value is -0.300. The van der Waals surface area contributed by atoms with E-state index in [4.69, 9.17) is 5.73 Å². The molecule has 0 saturated heterocycles. The van der Waals surface area contributed by atoms with Gasteiger partial charge in [0, 0.05) is 13.7 Å². The summed E-state index contributed by atoms with van der Waals surface area (Å²) in [5.74, 6) is -0.283. The SMILES string of the molecule is COC(=O)Cc1cc(I)c(Br)cc1N. The first-order chi connectivity index (χ1) is 6.54. The maximum Gasteiger partial charge on any atom is 0.310 e. The van der Waals surface area contributed by atoms with Crippen LogP contribution in [0.4, 0.5) is 5.69 Å². The molecule has 0 unspecified atom stereocenters. The van der Waals surface area contributed by atoms with Crippen LogP contribution in [0.15, 0.2) is 16.6 Å². The molecule has 0 aliphatic heterocycles. The number of esters is 1. The predicted octanol–water partition coefficient (Wildman–Crippen LogP) is 2.35. The van der Waals surface area contributed by atoms with Crippen molar-refractivity contribution in [1.29, 1.82) is 0 Å². The third kappa shape index (κ3) is 2.84. The molecule has 1 rings (SSSR count). The Balaban J connectivity index is 2.98. The van der Waals surface area contributed by atoms with Crippen molar-refractivity contribution in [3.05, 3.63) is 25.7 Å². The van der Waals surface area contributed by atoms with Crippen molar-refractivity contribution in [2.75, 3.05) is 12.8 Å². The van der Waals surface area contributed by atoms with Crippen LogP contribution in [0, 0.1) is 3.57 Å². The third-order valence-corrected chi connectivity index (χ3v) is 4.03. The van der Waals surface area contributed by atoms with Crippen LogP contribution in [-0.4, -0.2) is 13.1 Å². The molecule has 2 N–H and O–H groups in total. The van der Waals surface area contributed by atoms with Crippen molar-refractivity contribution in [3.8, 4) is 0 Å². The van der Waals surface area contributed by atoms with E-state index >= 15 is 0 Å². The summed E-state index contributed by atoms with van der Waals surface area (Å²) >= 11 is 5.53. The van der Waals surface area contributed by atoms with Gasteiger partial charge in [-0.1, -0.05) is 0 Å². The lowest BCUT2D eigenvalue weighted by Crippen LogP contribution is -2.07. The summed E-state index contributed by atoms with van der Waals surface area (Å²) in [6.45, 7) is 0. The van der Waals surface area contributed by atoms with Crippen LogP contribution in [0.2, 0.25) is 0 Å². The van der Waals surface area contributed by atoms with E-state index in [2.05, 4.69) is 43.3 Å². The fourth-order valence-electron chi connectivity index (χ4n) is 0.984. The van der Waals surface area contributed by atoms with Crippen molar-refractivity contribution < 1.29 is 9.53 Å². The first-order valence-corrected chi connectivity index (χ1v) is 5.72. The zero-order chi connectivity index (χ0) is 10.7. The third-order valence-electron chi connectivity index (χ3n) is 1.74. The summed E-state index contributed by atoms with van der Waals surface area (Å²) < 4.78 is 6.53. The molecule has 0 atom stereocenters. The van der Waals surface area contributed by atoms with Crippen LogP contribution in [0.3, 0.4) is 0 Å². The van der Waals surface area contributed by atoms with Gasteiger partial charge in [0.15, 0.2) is 0 Å². The van der Waals surface area contributed by atoms with Gasteiger partial charge in [-0.05, 0) is 56.2 Å². The zero-order valence-electron chi connectivity index (χ0n) is 7.51. The molecule has 0 fully saturated rings. The van der Waals surface area contributed by atoms with E-state index in [1.807, 2.05) is 6.07 Å². The second-order valence-electron chi connectivity index (χ2n) is 2.72. The van der Waals surface area contributed by atoms with Crippen molar-refractivity contribution in [2.45, 2.75) is 6.42 Å². The van der Waals surface area contributed by atoms with Crippen LogP contribution in [-0.2, 0) is 16.0 Å². The van der Waals surface area contributed by atoms with Gasteiger partial charge in [-0.15, -0.1) is 0 Å². The number of hydrogen-bond acceptors (Lipinski definition) is 3. The number of carbonyl (C=O) groups excluding carboxylic acids is 1. The minimum Gasteiger partial charge on any atom is -0.469 e. The number of halogens is 2. The highest BCUT2D eigenvalue weighted by Gasteiger charge is 2.08. The van der Waals surface area contributed by atoms with Gasteiger partial charge >= 0.3 is 5.97 Å². The fourth-order valence-corrected chi connectivity index (χ4v) is 1.88. The summed E-state index contributed by atoms with van der Waals surface area (Å²) in [5, 5.41) is 0. The van der Waals surface area contributed by atoms with Crippen molar-refractivity contribution in [1.82, 2.24) is 0 Å². The van der Waals surface area contributed by atoms with Gasteiger partial charge in [-0.2, -0.15) is 0 Å². The van der Waals surface area contributed by atoms with Crippen LogP contribution in [0.25, 0.3) is 0 Å². The number of anilines is 1. The number of ether oxygens (including phenoxy) is 1. The summed E-state index contributed by atoms with van der Waals surface area (Å²) in [4.78, 5) is 11.0. The predicted molar refractivity (Wildman–Crippen MR) is 67.0 cm³/mol. The standard InChI is InChI=1S/C9H9BrINO2/c1-14-9(13)3-5-2-7(11)6(10)4-8(5)12/h2,4H,3,12H2,1H3. The van der Waals surface area contributed by atoms with E-state index in [1.165, 1.54) is 7.11 Å². The maximum absolute atomic E-state index is 11.0. The van der Waals surface area contributed by atoms with E-state index in [0.29, 0.717) is 5.69 Å². The number of benzene rings is 1. The second-order valence-corrected chi connectivity index (χ2v) is 4.73. The van der Waals surface area contributed by atoms with Crippen LogP contribution >= 0.6 is 38.5 Å². The lowest BCUT2D eigenvalue weighted by Gasteiger charge is -2.06. The summed E-state index contributed by atoms with van der Waals surface area (Å²) in [5.41, 5.74) is 7.15. The summed E-state index contributed by atoms with van der Waals surface area (Å²) in [6, 6.07) is 3.66. The molecule has 0 heterocycles. The molecule has 0 saturated carbocycles. The Morgan fingerprint density at radius 1 is 1.64 bits per heavy atom. The van der Waals surface area contributed by atoms with Gasteiger partial charge < -0.3 is 10.5 Å². The van der Waals surface area contributed by atoms with Gasteiger partial charge in [0.1, 0.15) is 0 Å². The lowest BCUT2D eigenvalue weighted by atomic mass is 10.1. The van der Waals surface area contributed by atoms with Gasteiger partial charge in [-0.3, -0.25) is 4.79 Å². The average Bonchev–Trinajstić information content (AvgIpc) is 2.14. The molecular weight excluding hydrogens is 361 g/mol. The molecule has 0 aromatic heterocycles. The fraction of sp³-hybridized carbons (Fsp3) is 0.222. The molecule has 5 heteroatoms. The topological polar surface area (TPSA) is 52.3 Å². The van der Waals surface area contributed by atoms with E-state index < -0.39 is 0 Å². The molecule has 0 bridgehead atoms. The van der Waals surface area contributed by atoms with Crippen LogP contribution < -0.4 is 5.73 Å². The van der Waals surface area contributed by atoms with Crippen molar-refractivity contribution in [3.63, 3.8) is 0 Å². The Labute approximate surface area is 104 Å². The largest absolute Gasteiger partial charge is 0.469 e. The minimum absolute atomic E-state index is 0.214. The van der Waals surface area contributed by atoms with Gasteiger partial charge in [0.2, 0.25) is 0 Å². The molecular formula is C9H9BrINO2. The minimum atomic E-state index is -0.283. The zero-order valence-corrected chi connectivity index (χ0v) is 11.3. The summed E-state index contributed by atoms with van der Waals surface area (Å²) in [6.07, 6.45) is 0.214. The van der Waals surface area contributed by atoms with Crippen molar-refractivity contribution in [2.24, 2.45) is 0 Å². The lowest BCUT2D eigenvalue weighted by molar-refractivity contribution is -0.139. The maximum atomic E-state index is 11.0. The smallest absolute Gasteiger partial charge is 0.310 e. The van der Waals surface area contributed by atoms with Crippen molar-refractivity contribution >= 4 is 50.2 Å². The molecule has 1 aromatic rings. The van der Waals surface area contributed by atoms with E-state index in [0.717, 1.165) is 13.6 Å². The Kier molecular flexibility index (Phi) is 4.18. The molecule has 1 aromatic carbocycles. The number of methoxy groups -OCH3 is 1. The van der Waals surface area contributed by atoms with Crippen LogP contribution in [0.5, 0.6) is 0 Å². The van der Waals surface area contributed by atoms with E-state index in [-0.39, 0.29) is 12.4 Å². The Morgan fingerprint density at radius 3 is 2.86 bits per heavy atom. The molecule has 0 aliphatic rings. The number of rotatable bonds is 2. The number of carbonyl (C=O) groups is 1. The molecule has 0 aliphatic carbocycles. The molecule has 0 amide bonds. The number of nitrogen functional groups attached to an aromatic ring is 1. The highest BCUT2D eigenvalue weighted by atomic mass is 127. The van der Waals surface area contributed by atoms with Crippen LogP contribution in [0.1, 0.15) is 5.56 Å². The number of nitrogens with two attached hydrogens (primary N) is 1. The normalized spacial score (nSPS) is 9.93. The number of hydrogen-bond donors (Lipinski definition) is 1. The first kappa shape index (κ1) is 11.8. The monoisotopic (exact) mass is 369 g/mol.